The third-order valence-electron chi connectivity index (χ3n) is 12.4. The van der Waals surface area contributed by atoms with Crippen LogP contribution in [0.25, 0.3) is 60.6 Å². The number of hydrogen-bond donors (Lipinski definition) is 0. The molecule has 1 aliphatic rings. The number of rotatable bonds is 8. The Labute approximate surface area is 357 Å². The van der Waals surface area contributed by atoms with Gasteiger partial charge in [-0.2, -0.15) is 0 Å². The first kappa shape index (κ1) is 36.4. The highest BCUT2D eigenvalue weighted by Crippen LogP contribution is 2.49. The summed E-state index contributed by atoms with van der Waals surface area (Å²) in [5, 5.41) is 7.32. The van der Waals surface area contributed by atoms with Gasteiger partial charge in [-0.3, -0.25) is 0 Å². The highest BCUT2D eigenvalue weighted by Gasteiger charge is 2.23. The Morgan fingerprint density at radius 1 is 0.361 bits per heavy atom. The zero-order chi connectivity index (χ0) is 40.7. The van der Waals surface area contributed by atoms with Gasteiger partial charge in [-0.25, -0.2) is 0 Å². The van der Waals surface area contributed by atoms with Crippen LogP contribution < -0.4 is 9.80 Å². The van der Waals surface area contributed by atoms with Crippen molar-refractivity contribution in [1.82, 2.24) is 0 Å². The van der Waals surface area contributed by atoms with E-state index < -0.39 is 0 Å². The maximum Gasteiger partial charge on any atom is 0.0468 e. The van der Waals surface area contributed by atoms with Gasteiger partial charge in [-0.05, 0) is 163 Å². The van der Waals surface area contributed by atoms with E-state index in [-0.39, 0.29) is 0 Å². The molecule has 0 aliphatic heterocycles. The molecular formula is C59H44N2. The van der Waals surface area contributed by atoms with Crippen LogP contribution in [0.4, 0.5) is 34.1 Å². The van der Waals surface area contributed by atoms with Gasteiger partial charge >= 0.3 is 0 Å². The van der Waals surface area contributed by atoms with Gasteiger partial charge in [0.05, 0.1) is 0 Å². The highest BCUT2D eigenvalue weighted by atomic mass is 15.1. The van der Waals surface area contributed by atoms with Crippen LogP contribution in [0.1, 0.15) is 30.4 Å². The van der Waals surface area contributed by atoms with E-state index in [0.717, 1.165) is 40.5 Å². The third kappa shape index (κ3) is 6.63. The average Bonchev–Trinajstić information content (AvgIpc) is 3.32. The summed E-state index contributed by atoms with van der Waals surface area (Å²) in [6, 6.07) is 79.9. The molecular weight excluding hydrogens is 737 g/mol. The number of benzene rings is 10. The van der Waals surface area contributed by atoms with Crippen molar-refractivity contribution in [2.45, 2.75) is 19.3 Å². The van der Waals surface area contributed by atoms with E-state index in [2.05, 4.69) is 247 Å². The number of fused-ring (bicyclic) bond motifs is 4. The Bertz CT molecular complexity index is 3150. The molecule has 0 N–H and O–H groups in total. The topological polar surface area (TPSA) is 6.48 Å². The summed E-state index contributed by atoms with van der Waals surface area (Å²) in [5.74, 6) is 0.485. The molecule has 0 heterocycles. The fourth-order valence-corrected chi connectivity index (χ4v) is 9.50. The van der Waals surface area contributed by atoms with Crippen molar-refractivity contribution in [1.29, 1.82) is 0 Å². The van der Waals surface area contributed by atoms with Crippen molar-refractivity contribution < 1.29 is 0 Å². The summed E-state index contributed by atoms with van der Waals surface area (Å²) in [6.07, 6.45) is 5.72. The second kappa shape index (κ2) is 15.5. The molecule has 10 aromatic rings. The van der Waals surface area contributed by atoms with Gasteiger partial charge in [0.25, 0.3) is 0 Å². The van der Waals surface area contributed by atoms with Crippen molar-refractivity contribution in [3.05, 3.63) is 236 Å². The monoisotopic (exact) mass is 780 g/mol. The Morgan fingerprint density at radius 2 is 0.803 bits per heavy atom. The molecule has 10 aromatic carbocycles. The van der Waals surface area contributed by atoms with Crippen molar-refractivity contribution in [2.75, 3.05) is 9.80 Å². The normalized spacial score (nSPS) is 13.4. The Morgan fingerprint density at radius 3 is 1.31 bits per heavy atom. The SMILES string of the molecule is CC1CC=Cc2cc(-c3c4ccc(N(c5ccccc5)c5ccccc5)cc4c(-c4ccc5ccccc5c4)c4ccc(N(c5ccccc5)c5ccccc5)cc34)ccc21. The van der Waals surface area contributed by atoms with E-state index in [1.165, 1.54) is 65.7 Å². The van der Waals surface area contributed by atoms with Gasteiger partial charge in [0.15, 0.2) is 0 Å². The van der Waals surface area contributed by atoms with Crippen LogP contribution in [-0.2, 0) is 0 Å². The van der Waals surface area contributed by atoms with E-state index in [1.807, 2.05) is 0 Å². The number of anilines is 6. The molecule has 2 nitrogen and oxygen atoms in total. The minimum absolute atomic E-state index is 0.485. The molecule has 0 bridgehead atoms. The quantitative estimate of drug-likeness (QED) is 0.142. The fourth-order valence-electron chi connectivity index (χ4n) is 9.50. The fraction of sp³-hybridized carbons (Fsp3) is 0.0508. The lowest BCUT2D eigenvalue weighted by Crippen LogP contribution is -2.10. The molecule has 0 aromatic heterocycles. The molecule has 0 saturated carbocycles. The third-order valence-corrected chi connectivity index (χ3v) is 12.4. The molecule has 0 fully saturated rings. The van der Waals surface area contributed by atoms with Crippen LogP contribution in [0, 0.1) is 0 Å². The number of para-hydroxylation sites is 4. The first-order valence-corrected chi connectivity index (χ1v) is 21.3. The smallest absolute Gasteiger partial charge is 0.0468 e. The summed E-state index contributed by atoms with van der Waals surface area (Å²) in [7, 11) is 0. The Balaban J connectivity index is 1.26. The summed E-state index contributed by atoms with van der Waals surface area (Å²) in [6.45, 7) is 2.34. The zero-order valence-electron chi connectivity index (χ0n) is 34.1. The average molecular weight is 781 g/mol. The molecule has 1 atom stereocenters. The maximum absolute atomic E-state index is 2.43. The number of hydrogen-bond acceptors (Lipinski definition) is 2. The van der Waals surface area contributed by atoms with Crippen LogP contribution in [0.2, 0.25) is 0 Å². The Hall–Kier alpha value is -7.68. The summed E-state index contributed by atoms with van der Waals surface area (Å²) in [5.41, 5.74) is 14.3. The van der Waals surface area contributed by atoms with E-state index in [4.69, 9.17) is 0 Å². The van der Waals surface area contributed by atoms with Crippen molar-refractivity contribution in [2.24, 2.45) is 0 Å². The molecule has 0 radical (unpaired) electrons. The zero-order valence-corrected chi connectivity index (χ0v) is 34.1. The van der Waals surface area contributed by atoms with Gasteiger partial charge in [-0.1, -0.05) is 153 Å². The van der Waals surface area contributed by atoms with Gasteiger partial charge < -0.3 is 9.80 Å². The van der Waals surface area contributed by atoms with Crippen LogP contribution in [0.15, 0.2) is 224 Å². The van der Waals surface area contributed by atoms with Crippen molar-refractivity contribution in [3.63, 3.8) is 0 Å². The van der Waals surface area contributed by atoms with Gasteiger partial charge in [0.1, 0.15) is 0 Å². The second-order valence-electron chi connectivity index (χ2n) is 16.2. The van der Waals surface area contributed by atoms with Gasteiger partial charge in [0.2, 0.25) is 0 Å². The molecule has 1 unspecified atom stereocenters. The molecule has 0 amide bonds. The molecule has 2 heteroatoms. The van der Waals surface area contributed by atoms with Gasteiger partial charge in [-0.15, -0.1) is 0 Å². The summed E-state index contributed by atoms with van der Waals surface area (Å²) < 4.78 is 0. The standard InChI is InChI=1S/C59H44N2/c1-41-17-16-20-44-38-46(31-34-53(41)44)59-55-36-33-51(60(47-21-6-2-7-22-47)48-23-8-3-9-24-48)39-56(55)58(45-30-29-42-18-14-15-19-43(42)37-45)54-35-32-52(40-57(54)59)61(49-25-10-4-11-26-49)50-27-12-5-13-28-50/h2-16,18-41H,17H2,1H3. The minimum atomic E-state index is 0.485. The molecule has 61 heavy (non-hydrogen) atoms. The molecule has 0 saturated heterocycles. The molecule has 1 aliphatic carbocycles. The van der Waals surface area contributed by atoms with Crippen LogP contribution >= 0.6 is 0 Å². The lowest BCUT2D eigenvalue weighted by molar-refractivity contribution is 0.772. The predicted molar refractivity (Wildman–Crippen MR) is 261 cm³/mol. The van der Waals surface area contributed by atoms with E-state index in [0.29, 0.717) is 5.92 Å². The molecule has 0 spiro atoms. The summed E-state index contributed by atoms with van der Waals surface area (Å²) in [4.78, 5) is 4.75. The van der Waals surface area contributed by atoms with Crippen LogP contribution in [0.3, 0.4) is 0 Å². The lowest BCUT2D eigenvalue weighted by atomic mass is 9.82. The largest absolute Gasteiger partial charge is 0.310 e. The number of nitrogens with zero attached hydrogens (tertiary/aromatic N) is 2. The molecule has 290 valence electrons. The maximum atomic E-state index is 2.43. The number of allylic oxidation sites excluding steroid dienone is 1. The Kier molecular flexibility index (Phi) is 9.24. The van der Waals surface area contributed by atoms with E-state index in [9.17, 15) is 0 Å². The summed E-state index contributed by atoms with van der Waals surface area (Å²) >= 11 is 0. The first-order valence-electron chi connectivity index (χ1n) is 21.3. The molecule has 11 rings (SSSR count). The predicted octanol–water partition coefficient (Wildman–Crippen LogP) is 16.9. The van der Waals surface area contributed by atoms with Crippen LogP contribution in [-0.4, -0.2) is 0 Å². The van der Waals surface area contributed by atoms with Crippen molar-refractivity contribution in [3.8, 4) is 22.3 Å². The van der Waals surface area contributed by atoms with Crippen LogP contribution in [0.5, 0.6) is 0 Å². The van der Waals surface area contributed by atoms with E-state index >= 15 is 0 Å². The lowest BCUT2D eigenvalue weighted by Gasteiger charge is -2.28. The van der Waals surface area contributed by atoms with Crippen molar-refractivity contribution >= 4 is 72.5 Å². The minimum Gasteiger partial charge on any atom is -0.310 e. The van der Waals surface area contributed by atoms with E-state index in [1.54, 1.807) is 0 Å². The van der Waals surface area contributed by atoms with Gasteiger partial charge in [0, 0.05) is 34.1 Å². The first-order chi connectivity index (χ1) is 30.2. The highest BCUT2D eigenvalue weighted by molar-refractivity contribution is 6.23. The second-order valence-corrected chi connectivity index (χ2v) is 16.2.